The summed E-state index contributed by atoms with van der Waals surface area (Å²) in [5.74, 6) is 0.755. The molecule has 5 heteroatoms. The summed E-state index contributed by atoms with van der Waals surface area (Å²) in [6.07, 6.45) is 3.93. The van der Waals surface area contributed by atoms with Crippen molar-refractivity contribution in [2.45, 2.75) is 6.92 Å². The van der Waals surface area contributed by atoms with Crippen molar-refractivity contribution in [2.75, 3.05) is 27.7 Å². The molecule has 0 heterocycles. The highest BCUT2D eigenvalue weighted by Gasteiger charge is 2.11. The molecular weight excluding hydrogens is 338 g/mol. The van der Waals surface area contributed by atoms with E-state index >= 15 is 0 Å². The zero-order valence-electron chi connectivity index (χ0n) is 16.3. The summed E-state index contributed by atoms with van der Waals surface area (Å²) in [5.41, 5.74) is 5.10. The Hall–Kier alpha value is -2.92. The topological polar surface area (TPSA) is 53.9 Å². The lowest BCUT2D eigenvalue weighted by Crippen LogP contribution is -2.27. The zero-order chi connectivity index (χ0) is 19.6. The number of ether oxygens (including phenoxy) is 1. The van der Waals surface area contributed by atoms with Gasteiger partial charge >= 0.3 is 0 Å². The summed E-state index contributed by atoms with van der Waals surface area (Å²) in [5, 5.41) is 4.38. The first kappa shape index (κ1) is 20.4. The molecule has 0 aliphatic heterocycles. The van der Waals surface area contributed by atoms with Crippen LogP contribution in [0.15, 0.2) is 65.8 Å². The van der Waals surface area contributed by atoms with Gasteiger partial charge < -0.3 is 9.64 Å². The van der Waals surface area contributed by atoms with E-state index in [0.29, 0.717) is 5.56 Å². The number of amides is 1. The number of carbonyl (C=O) groups is 1. The summed E-state index contributed by atoms with van der Waals surface area (Å²) in [7, 11) is 5.68. The van der Waals surface area contributed by atoms with Crippen molar-refractivity contribution >= 4 is 17.7 Å². The number of methoxy groups -OCH3 is 1. The molecular formula is C22H27N3O2. The molecule has 0 radical (unpaired) electrons. The number of carbonyl (C=O) groups excluding carboxylic acids is 1. The summed E-state index contributed by atoms with van der Waals surface area (Å²) >= 11 is 0. The number of hydrogen-bond acceptors (Lipinski definition) is 4. The molecule has 27 heavy (non-hydrogen) atoms. The van der Waals surface area contributed by atoms with Gasteiger partial charge in [-0.2, -0.15) is 5.10 Å². The van der Waals surface area contributed by atoms with Crippen LogP contribution in [0.1, 0.15) is 22.8 Å². The maximum atomic E-state index is 12.3. The fourth-order valence-corrected chi connectivity index (χ4v) is 2.62. The van der Waals surface area contributed by atoms with Gasteiger partial charge in [-0.15, -0.1) is 0 Å². The number of rotatable bonds is 8. The fraction of sp³-hybridized carbons (Fsp3) is 0.273. The van der Waals surface area contributed by atoms with E-state index in [-0.39, 0.29) is 11.8 Å². The van der Waals surface area contributed by atoms with Crippen molar-refractivity contribution in [3.63, 3.8) is 0 Å². The molecule has 0 spiro atoms. The number of nitrogens with zero attached hydrogens (tertiary/aromatic N) is 2. The minimum Gasteiger partial charge on any atom is -0.497 e. The van der Waals surface area contributed by atoms with Crippen molar-refractivity contribution in [3.05, 3.63) is 71.8 Å². The predicted octanol–water partition coefficient (Wildman–Crippen LogP) is 3.69. The Labute approximate surface area is 161 Å². The first-order valence-electron chi connectivity index (χ1n) is 8.89. The van der Waals surface area contributed by atoms with Crippen LogP contribution in [0.25, 0.3) is 6.08 Å². The highest BCUT2D eigenvalue weighted by Crippen LogP contribution is 2.13. The van der Waals surface area contributed by atoms with Gasteiger partial charge in [0.25, 0.3) is 5.91 Å². The number of hydrogen-bond donors (Lipinski definition) is 1. The summed E-state index contributed by atoms with van der Waals surface area (Å²) in [6.45, 7) is 2.92. The largest absolute Gasteiger partial charge is 0.497 e. The first-order chi connectivity index (χ1) is 13.0. The third-order valence-electron chi connectivity index (χ3n) is 4.03. The Bertz CT molecular complexity index is 781. The monoisotopic (exact) mass is 365 g/mol. The number of hydrazone groups is 1. The maximum Gasteiger partial charge on any atom is 0.271 e. The molecule has 1 atom stereocenters. The second-order valence-electron chi connectivity index (χ2n) is 6.61. The van der Waals surface area contributed by atoms with Crippen LogP contribution in [0.3, 0.4) is 0 Å². The molecule has 0 fully saturated rings. The Balaban J connectivity index is 2.16. The van der Waals surface area contributed by atoms with Gasteiger partial charge in [0.05, 0.1) is 12.8 Å². The van der Waals surface area contributed by atoms with Crippen molar-refractivity contribution in [2.24, 2.45) is 11.0 Å². The molecule has 0 aliphatic carbocycles. The quantitative estimate of drug-likeness (QED) is 0.573. The summed E-state index contributed by atoms with van der Waals surface area (Å²) in [4.78, 5) is 14.4. The third kappa shape index (κ3) is 6.72. The minimum absolute atomic E-state index is 0.158. The molecule has 5 nitrogen and oxygen atoms in total. The third-order valence-corrected chi connectivity index (χ3v) is 4.03. The van der Waals surface area contributed by atoms with E-state index in [1.165, 1.54) is 0 Å². The van der Waals surface area contributed by atoms with Gasteiger partial charge in [0, 0.05) is 18.0 Å². The second-order valence-corrected chi connectivity index (χ2v) is 6.61. The maximum absolute atomic E-state index is 12.3. The highest BCUT2D eigenvalue weighted by atomic mass is 16.5. The average molecular weight is 365 g/mol. The summed E-state index contributed by atoms with van der Waals surface area (Å²) in [6, 6.07) is 16.9. The van der Waals surface area contributed by atoms with E-state index < -0.39 is 0 Å². The standard InChI is InChI=1S/C22H27N3O2/c1-17(16-25(2)3)21(15-12-18-10-13-20(27-4)14-11-18)23-24-22(26)19-8-6-5-7-9-19/h5-15,17H,16H2,1-4H3,(H,24,26)/b15-12+,23-21-. The Morgan fingerprint density at radius 2 is 1.81 bits per heavy atom. The van der Waals surface area contributed by atoms with E-state index in [4.69, 9.17) is 4.74 Å². The Kier molecular flexibility index (Phi) is 7.77. The van der Waals surface area contributed by atoms with E-state index in [1.807, 2.05) is 68.7 Å². The zero-order valence-corrected chi connectivity index (χ0v) is 16.3. The summed E-state index contributed by atoms with van der Waals surface area (Å²) < 4.78 is 5.18. The molecule has 0 aliphatic rings. The molecule has 2 rings (SSSR count). The van der Waals surface area contributed by atoms with Crippen molar-refractivity contribution in [1.29, 1.82) is 0 Å². The van der Waals surface area contributed by atoms with Gasteiger partial charge in [-0.05, 0) is 50.0 Å². The molecule has 0 bridgehead atoms. The van der Waals surface area contributed by atoms with E-state index in [9.17, 15) is 4.79 Å². The fourth-order valence-electron chi connectivity index (χ4n) is 2.62. The van der Waals surface area contributed by atoms with Gasteiger partial charge in [-0.3, -0.25) is 4.79 Å². The molecule has 2 aromatic carbocycles. The van der Waals surface area contributed by atoms with Crippen LogP contribution in [0.5, 0.6) is 5.75 Å². The first-order valence-corrected chi connectivity index (χ1v) is 8.89. The van der Waals surface area contributed by atoms with Crippen molar-refractivity contribution in [3.8, 4) is 5.75 Å². The van der Waals surface area contributed by atoms with Crippen LogP contribution in [-0.2, 0) is 0 Å². The van der Waals surface area contributed by atoms with E-state index in [2.05, 4.69) is 22.4 Å². The van der Waals surface area contributed by atoms with E-state index in [1.54, 1.807) is 19.2 Å². The Morgan fingerprint density at radius 3 is 2.41 bits per heavy atom. The van der Waals surface area contributed by atoms with Crippen molar-refractivity contribution in [1.82, 2.24) is 10.3 Å². The van der Waals surface area contributed by atoms with E-state index in [0.717, 1.165) is 23.6 Å². The molecule has 0 aromatic heterocycles. The van der Waals surface area contributed by atoms with Crippen LogP contribution < -0.4 is 10.2 Å². The number of nitrogens with one attached hydrogen (secondary N) is 1. The molecule has 1 N–H and O–H groups in total. The lowest BCUT2D eigenvalue weighted by Gasteiger charge is -2.17. The molecule has 0 saturated heterocycles. The molecule has 142 valence electrons. The molecule has 2 aromatic rings. The van der Waals surface area contributed by atoms with Crippen LogP contribution in [0.2, 0.25) is 0 Å². The van der Waals surface area contributed by atoms with Gasteiger partial charge in [0.1, 0.15) is 5.75 Å². The van der Waals surface area contributed by atoms with Crippen LogP contribution >= 0.6 is 0 Å². The van der Waals surface area contributed by atoms with Gasteiger partial charge in [0.15, 0.2) is 0 Å². The van der Waals surface area contributed by atoms with Gasteiger partial charge in [0.2, 0.25) is 0 Å². The smallest absolute Gasteiger partial charge is 0.271 e. The lowest BCUT2D eigenvalue weighted by molar-refractivity contribution is 0.0954. The predicted molar refractivity (Wildman–Crippen MR) is 111 cm³/mol. The van der Waals surface area contributed by atoms with Crippen LogP contribution in [-0.4, -0.2) is 44.3 Å². The number of benzene rings is 2. The SMILES string of the molecule is COc1ccc(/C=C/C(=N/NC(=O)c2ccccc2)C(C)CN(C)C)cc1. The van der Waals surface area contributed by atoms with Crippen molar-refractivity contribution < 1.29 is 9.53 Å². The molecule has 0 saturated carbocycles. The van der Waals surface area contributed by atoms with Gasteiger partial charge in [-0.1, -0.05) is 43.3 Å². The molecule has 1 amide bonds. The van der Waals surface area contributed by atoms with Crippen LogP contribution in [0.4, 0.5) is 0 Å². The second kappa shape index (κ2) is 10.3. The minimum atomic E-state index is -0.219. The molecule has 1 unspecified atom stereocenters. The lowest BCUT2D eigenvalue weighted by atomic mass is 10.0. The Morgan fingerprint density at radius 1 is 1.15 bits per heavy atom. The van der Waals surface area contributed by atoms with Crippen LogP contribution in [0, 0.1) is 5.92 Å². The highest BCUT2D eigenvalue weighted by molar-refractivity contribution is 6.01. The number of allylic oxidation sites excluding steroid dienone is 1. The normalized spacial score (nSPS) is 13.0. The average Bonchev–Trinajstić information content (AvgIpc) is 2.68. The van der Waals surface area contributed by atoms with Gasteiger partial charge in [-0.25, -0.2) is 5.43 Å².